The highest BCUT2D eigenvalue weighted by atomic mass is 32.1. The maximum Gasteiger partial charge on any atom is 0.335 e. The Kier molecular flexibility index (Phi) is 6.80. The summed E-state index contributed by atoms with van der Waals surface area (Å²) in [6, 6.07) is 21.3. The van der Waals surface area contributed by atoms with E-state index >= 15 is 0 Å². The van der Waals surface area contributed by atoms with Crippen molar-refractivity contribution in [3.05, 3.63) is 102 Å². The van der Waals surface area contributed by atoms with E-state index in [1.807, 2.05) is 58.1 Å². The lowest BCUT2D eigenvalue weighted by atomic mass is 10.0. The van der Waals surface area contributed by atoms with Crippen molar-refractivity contribution in [2.24, 2.45) is 0 Å². The number of hydrogen-bond acceptors (Lipinski definition) is 5. The van der Waals surface area contributed by atoms with E-state index in [1.165, 1.54) is 6.92 Å². The van der Waals surface area contributed by atoms with Crippen LogP contribution in [0.25, 0.3) is 5.69 Å². The third kappa shape index (κ3) is 4.69. The number of nitrogens with zero attached hydrogens (tertiary/aromatic N) is 3. The zero-order chi connectivity index (χ0) is 26.8. The average molecular weight is 528 g/mol. The van der Waals surface area contributed by atoms with Gasteiger partial charge in [0.1, 0.15) is 11.8 Å². The molecular weight excluding hydrogens is 502 g/mol. The number of carboxylic acid groups (broad SMARTS) is 1. The van der Waals surface area contributed by atoms with Crippen molar-refractivity contribution in [1.82, 2.24) is 14.9 Å². The monoisotopic (exact) mass is 527 g/mol. The number of rotatable bonds is 7. The Labute approximate surface area is 224 Å². The molecule has 0 unspecified atom stereocenters. The molecule has 1 saturated heterocycles. The molecule has 3 heterocycles. The van der Waals surface area contributed by atoms with Crippen LogP contribution in [0.4, 0.5) is 11.4 Å². The van der Waals surface area contributed by atoms with Crippen LogP contribution < -0.4 is 20.3 Å². The molecule has 2 atom stereocenters. The predicted molar refractivity (Wildman–Crippen MR) is 148 cm³/mol. The van der Waals surface area contributed by atoms with Crippen molar-refractivity contribution in [3.63, 3.8) is 0 Å². The fraction of sp³-hybridized carbons (Fsp3) is 0.143. The second-order valence-corrected chi connectivity index (χ2v) is 9.10. The maximum absolute atomic E-state index is 11.9. The number of carbonyl (C=O) groups is 2. The van der Waals surface area contributed by atoms with Crippen LogP contribution in [-0.2, 0) is 4.79 Å². The highest BCUT2D eigenvalue weighted by Gasteiger charge is 2.42. The van der Waals surface area contributed by atoms with E-state index in [2.05, 4.69) is 15.6 Å². The molecule has 0 spiro atoms. The van der Waals surface area contributed by atoms with E-state index in [-0.39, 0.29) is 23.6 Å². The lowest BCUT2D eigenvalue weighted by Gasteiger charge is -2.29. The largest absolute Gasteiger partial charge is 0.495 e. The Balaban J connectivity index is 1.64. The first-order chi connectivity index (χ1) is 18.4. The lowest BCUT2D eigenvalue weighted by Crippen LogP contribution is -2.30. The Morgan fingerprint density at radius 1 is 1.05 bits per heavy atom. The summed E-state index contributed by atoms with van der Waals surface area (Å²) in [6.45, 7) is 1.44. The SMILES string of the molecule is COc1ccc(N2C(=S)N[C@@H](c3ccccn3)[C@H]2c2cccn2-c2ccc(C(=O)O)cc2)cc1NC(C)=O. The summed E-state index contributed by atoms with van der Waals surface area (Å²) in [6.07, 6.45) is 3.67. The Bertz CT molecular complexity index is 1500. The number of anilines is 2. The molecule has 2 aromatic heterocycles. The molecule has 1 fully saturated rings. The highest BCUT2D eigenvalue weighted by Crippen LogP contribution is 2.43. The summed E-state index contributed by atoms with van der Waals surface area (Å²) < 4.78 is 7.45. The standard InChI is InChI=1S/C28H25N5O4S/c1-17(34)30-22-16-20(12-13-24(22)37-2)33-26(25(31-28(33)38)21-6-3-4-14-29-21)23-7-5-15-32(23)19-10-8-18(9-11-19)27(35)36/h3-16,25-26H,1-2H3,(H,30,34)(H,31,38)(H,35,36)/t25-,26+/m0/s1. The van der Waals surface area contributed by atoms with Crippen LogP contribution in [0.2, 0.25) is 0 Å². The fourth-order valence-electron chi connectivity index (χ4n) is 4.70. The Morgan fingerprint density at radius 2 is 1.82 bits per heavy atom. The number of methoxy groups -OCH3 is 1. The first-order valence-corrected chi connectivity index (χ1v) is 12.3. The summed E-state index contributed by atoms with van der Waals surface area (Å²) in [5.74, 6) is -0.670. The van der Waals surface area contributed by atoms with Gasteiger partial charge < -0.3 is 29.9 Å². The van der Waals surface area contributed by atoms with Crippen molar-refractivity contribution >= 4 is 40.6 Å². The number of thiocarbonyl (C=S) groups is 1. The number of aromatic nitrogens is 2. The summed E-state index contributed by atoms with van der Waals surface area (Å²) in [5, 5.41) is 16.1. The molecule has 0 saturated carbocycles. The van der Waals surface area contributed by atoms with Gasteiger partial charge in [-0.15, -0.1) is 0 Å². The molecule has 0 radical (unpaired) electrons. The molecule has 2 aromatic carbocycles. The number of carbonyl (C=O) groups excluding carboxylic acids is 1. The molecule has 4 aromatic rings. The van der Waals surface area contributed by atoms with E-state index in [9.17, 15) is 14.7 Å². The van der Waals surface area contributed by atoms with Gasteiger partial charge in [-0.1, -0.05) is 6.07 Å². The molecule has 0 bridgehead atoms. The van der Waals surface area contributed by atoms with E-state index in [0.29, 0.717) is 16.5 Å². The molecule has 0 aliphatic carbocycles. The highest BCUT2D eigenvalue weighted by molar-refractivity contribution is 7.80. The van der Waals surface area contributed by atoms with Crippen LogP contribution in [0.15, 0.2) is 85.2 Å². The minimum Gasteiger partial charge on any atom is -0.495 e. The van der Waals surface area contributed by atoms with Gasteiger partial charge in [-0.25, -0.2) is 4.79 Å². The van der Waals surface area contributed by atoms with Gasteiger partial charge in [0.25, 0.3) is 0 Å². The quantitative estimate of drug-likeness (QED) is 0.297. The molecule has 3 N–H and O–H groups in total. The first kappa shape index (κ1) is 25.0. The zero-order valence-corrected chi connectivity index (χ0v) is 21.5. The second-order valence-electron chi connectivity index (χ2n) is 8.72. The van der Waals surface area contributed by atoms with Crippen LogP contribution in [-0.4, -0.2) is 38.8 Å². The smallest absolute Gasteiger partial charge is 0.335 e. The molecule has 1 aliphatic heterocycles. The van der Waals surface area contributed by atoms with E-state index in [4.69, 9.17) is 17.0 Å². The average Bonchev–Trinajstić information content (AvgIpc) is 3.53. The first-order valence-electron chi connectivity index (χ1n) is 11.8. The molecule has 38 heavy (non-hydrogen) atoms. The number of nitrogens with one attached hydrogen (secondary N) is 2. The van der Waals surface area contributed by atoms with E-state index < -0.39 is 5.97 Å². The normalized spacial score (nSPS) is 16.7. The summed E-state index contributed by atoms with van der Waals surface area (Å²) in [7, 11) is 1.55. The number of carboxylic acids is 1. The minimum atomic E-state index is -0.981. The molecular formula is C28H25N5O4S. The van der Waals surface area contributed by atoms with Crippen LogP contribution >= 0.6 is 12.2 Å². The van der Waals surface area contributed by atoms with Gasteiger partial charge >= 0.3 is 5.97 Å². The van der Waals surface area contributed by atoms with Crippen LogP contribution in [0.1, 0.15) is 40.8 Å². The van der Waals surface area contributed by atoms with Gasteiger partial charge in [-0.05, 0) is 78.9 Å². The second kappa shape index (κ2) is 10.3. The number of ether oxygens (including phenoxy) is 1. The molecule has 1 amide bonds. The molecule has 192 valence electrons. The number of hydrogen-bond donors (Lipinski definition) is 3. The van der Waals surface area contributed by atoms with Gasteiger partial charge in [-0.3, -0.25) is 9.78 Å². The zero-order valence-electron chi connectivity index (χ0n) is 20.7. The molecule has 10 heteroatoms. The molecule has 9 nitrogen and oxygen atoms in total. The van der Waals surface area contributed by atoms with Gasteiger partial charge in [-0.2, -0.15) is 0 Å². The lowest BCUT2D eigenvalue weighted by molar-refractivity contribution is -0.114. The Hall–Kier alpha value is -4.70. The third-order valence-electron chi connectivity index (χ3n) is 6.35. The summed E-state index contributed by atoms with van der Waals surface area (Å²) in [4.78, 5) is 29.8. The number of amides is 1. The van der Waals surface area contributed by atoms with Crippen molar-refractivity contribution < 1.29 is 19.4 Å². The topological polar surface area (TPSA) is 109 Å². The molecule has 5 rings (SSSR count). The fourth-order valence-corrected chi connectivity index (χ4v) is 5.05. The number of pyridine rings is 1. The van der Waals surface area contributed by atoms with Gasteiger partial charge in [0.2, 0.25) is 5.91 Å². The summed E-state index contributed by atoms with van der Waals surface area (Å²) >= 11 is 5.84. The Morgan fingerprint density at radius 3 is 2.47 bits per heavy atom. The molecule has 1 aliphatic rings. The van der Waals surface area contributed by atoms with E-state index in [1.54, 1.807) is 43.6 Å². The maximum atomic E-state index is 11.9. The van der Waals surface area contributed by atoms with E-state index in [0.717, 1.165) is 22.8 Å². The van der Waals surface area contributed by atoms with Crippen molar-refractivity contribution in [1.29, 1.82) is 0 Å². The van der Waals surface area contributed by atoms with Crippen LogP contribution in [0, 0.1) is 0 Å². The number of benzene rings is 2. The van der Waals surface area contributed by atoms with Crippen molar-refractivity contribution in [2.45, 2.75) is 19.0 Å². The third-order valence-corrected chi connectivity index (χ3v) is 6.66. The van der Waals surface area contributed by atoms with Gasteiger partial charge in [0.05, 0.1) is 30.1 Å². The minimum absolute atomic E-state index is 0.211. The van der Waals surface area contributed by atoms with Crippen molar-refractivity contribution in [2.75, 3.05) is 17.3 Å². The van der Waals surface area contributed by atoms with Gasteiger partial charge in [0, 0.05) is 36.4 Å². The number of aromatic carboxylic acids is 1. The van der Waals surface area contributed by atoms with Crippen molar-refractivity contribution in [3.8, 4) is 11.4 Å². The van der Waals surface area contributed by atoms with Gasteiger partial charge in [0.15, 0.2) is 5.11 Å². The predicted octanol–water partition coefficient (Wildman–Crippen LogP) is 4.71. The summed E-state index contributed by atoms with van der Waals surface area (Å²) in [5.41, 5.74) is 4.02. The van der Waals surface area contributed by atoms with Crippen LogP contribution in [0.5, 0.6) is 5.75 Å². The van der Waals surface area contributed by atoms with Crippen LogP contribution in [0.3, 0.4) is 0 Å².